The number of carboxylic acids is 1. The molecular formula is C24H19BrClNO4. The molecule has 0 heterocycles. The number of rotatable bonds is 6. The zero-order valence-corrected chi connectivity index (χ0v) is 18.7. The standard InChI is InChI=1S/C24H19BrClNO4/c25-21-12-15(26)10-9-14(21)11-22(23(28)29)27-24(30)31-13-20-18-7-3-1-5-16(18)17-6-2-4-8-19(17)20/h1-10,12,20,22H,11,13H2,(H,27,30)(H,28,29). The maximum Gasteiger partial charge on any atom is 0.407 e. The molecule has 3 aromatic carbocycles. The van der Waals surface area contributed by atoms with E-state index in [0.29, 0.717) is 9.50 Å². The van der Waals surface area contributed by atoms with Gasteiger partial charge in [-0.05, 0) is 39.9 Å². The minimum absolute atomic E-state index is 0.0909. The summed E-state index contributed by atoms with van der Waals surface area (Å²) < 4.78 is 6.14. The van der Waals surface area contributed by atoms with Crippen molar-refractivity contribution in [3.05, 3.63) is 92.9 Å². The molecule has 0 saturated carbocycles. The summed E-state index contributed by atoms with van der Waals surface area (Å²) in [6.07, 6.45) is -0.670. The first-order chi connectivity index (χ1) is 14.9. The second-order valence-corrected chi connectivity index (χ2v) is 8.59. The maximum atomic E-state index is 12.4. The molecule has 4 rings (SSSR count). The van der Waals surface area contributed by atoms with Gasteiger partial charge in [-0.1, -0.05) is 82.1 Å². The number of amides is 1. The van der Waals surface area contributed by atoms with Crippen molar-refractivity contribution in [3.63, 3.8) is 0 Å². The van der Waals surface area contributed by atoms with E-state index in [1.165, 1.54) is 0 Å². The lowest BCUT2D eigenvalue weighted by Gasteiger charge is -2.18. The molecule has 0 fully saturated rings. The Morgan fingerprint density at radius 3 is 2.23 bits per heavy atom. The summed E-state index contributed by atoms with van der Waals surface area (Å²) in [5.41, 5.74) is 5.16. The first kappa shape index (κ1) is 21.4. The van der Waals surface area contributed by atoms with Crippen LogP contribution in [0, 0.1) is 0 Å². The second kappa shape index (κ2) is 9.12. The van der Waals surface area contributed by atoms with E-state index < -0.39 is 18.1 Å². The highest BCUT2D eigenvalue weighted by Crippen LogP contribution is 2.44. The van der Waals surface area contributed by atoms with Crippen molar-refractivity contribution in [1.29, 1.82) is 0 Å². The van der Waals surface area contributed by atoms with Crippen molar-refractivity contribution >= 4 is 39.6 Å². The topological polar surface area (TPSA) is 75.6 Å². The van der Waals surface area contributed by atoms with Crippen LogP contribution in [0.3, 0.4) is 0 Å². The Kier molecular flexibility index (Phi) is 6.30. The Morgan fingerprint density at radius 2 is 1.65 bits per heavy atom. The van der Waals surface area contributed by atoms with E-state index in [4.69, 9.17) is 16.3 Å². The van der Waals surface area contributed by atoms with Gasteiger partial charge in [-0.2, -0.15) is 0 Å². The summed E-state index contributed by atoms with van der Waals surface area (Å²) in [6.45, 7) is 0.122. The van der Waals surface area contributed by atoms with Gasteiger partial charge in [-0.25, -0.2) is 9.59 Å². The van der Waals surface area contributed by atoms with Gasteiger partial charge in [0.2, 0.25) is 0 Å². The normalized spacial score (nSPS) is 13.2. The van der Waals surface area contributed by atoms with E-state index in [2.05, 4.69) is 33.4 Å². The van der Waals surface area contributed by atoms with E-state index in [1.807, 2.05) is 36.4 Å². The predicted molar refractivity (Wildman–Crippen MR) is 122 cm³/mol. The Bertz CT molecular complexity index is 1100. The Balaban J connectivity index is 1.44. The molecule has 1 aliphatic rings. The smallest absolute Gasteiger partial charge is 0.407 e. The van der Waals surface area contributed by atoms with Crippen molar-refractivity contribution in [1.82, 2.24) is 5.32 Å². The van der Waals surface area contributed by atoms with E-state index >= 15 is 0 Å². The SMILES string of the molecule is O=C(NC(Cc1ccc(Cl)cc1Br)C(=O)O)OCC1c2ccccc2-c2ccccc21. The fraction of sp³-hybridized carbons (Fsp3) is 0.167. The highest BCUT2D eigenvalue weighted by Gasteiger charge is 2.30. The summed E-state index contributed by atoms with van der Waals surface area (Å²) in [4.78, 5) is 24.1. The van der Waals surface area contributed by atoms with Crippen LogP contribution in [0.25, 0.3) is 11.1 Å². The van der Waals surface area contributed by atoms with Gasteiger partial charge in [0.1, 0.15) is 12.6 Å². The number of carboxylic acid groups (broad SMARTS) is 1. The number of aliphatic carboxylic acids is 1. The molecule has 2 N–H and O–H groups in total. The highest BCUT2D eigenvalue weighted by molar-refractivity contribution is 9.10. The Labute approximate surface area is 193 Å². The van der Waals surface area contributed by atoms with Crippen LogP contribution in [0.2, 0.25) is 5.02 Å². The number of benzene rings is 3. The third-order valence-electron chi connectivity index (χ3n) is 5.37. The molecule has 0 saturated heterocycles. The lowest BCUT2D eigenvalue weighted by atomic mass is 9.98. The first-order valence-electron chi connectivity index (χ1n) is 9.72. The minimum Gasteiger partial charge on any atom is -0.480 e. The molecule has 0 aliphatic heterocycles. The molecule has 1 aliphatic carbocycles. The maximum absolute atomic E-state index is 12.4. The van der Waals surface area contributed by atoms with Crippen molar-refractivity contribution < 1.29 is 19.4 Å². The zero-order valence-electron chi connectivity index (χ0n) is 16.3. The third kappa shape index (κ3) is 4.60. The second-order valence-electron chi connectivity index (χ2n) is 7.30. The van der Waals surface area contributed by atoms with Gasteiger partial charge < -0.3 is 15.2 Å². The number of fused-ring (bicyclic) bond motifs is 3. The number of carbonyl (C=O) groups is 2. The molecule has 1 atom stereocenters. The van der Waals surface area contributed by atoms with Gasteiger partial charge in [0, 0.05) is 21.8 Å². The molecule has 0 spiro atoms. The quantitative estimate of drug-likeness (QED) is 0.459. The molecule has 3 aromatic rings. The molecule has 5 nitrogen and oxygen atoms in total. The van der Waals surface area contributed by atoms with Gasteiger partial charge in [0.25, 0.3) is 0 Å². The van der Waals surface area contributed by atoms with E-state index in [0.717, 1.165) is 27.8 Å². The lowest BCUT2D eigenvalue weighted by molar-refractivity contribution is -0.139. The molecule has 31 heavy (non-hydrogen) atoms. The average molecular weight is 501 g/mol. The van der Waals surface area contributed by atoms with Crippen LogP contribution in [0.5, 0.6) is 0 Å². The lowest BCUT2D eigenvalue weighted by Crippen LogP contribution is -2.43. The number of ether oxygens (including phenoxy) is 1. The number of nitrogens with one attached hydrogen (secondary N) is 1. The van der Waals surface area contributed by atoms with E-state index in [1.54, 1.807) is 18.2 Å². The fourth-order valence-electron chi connectivity index (χ4n) is 3.89. The largest absolute Gasteiger partial charge is 0.480 e. The Morgan fingerprint density at radius 1 is 1.03 bits per heavy atom. The molecular weight excluding hydrogens is 482 g/mol. The highest BCUT2D eigenvalue weighted by atomic mass is 79.9. The zero-order chi connectivity index (χ0) is 22.0. The van der Waals surface area contributed by atoms with Crippen LogP contribution in [-0.4, -0.2) is 29.8 Å². The number of carbonyl (C=O) groups excluding carboxylic acids is 1. The molecule has 7 heteroatoms. The van der Waals surface area contributed by atoms with Crippen molar-refractivity contribution in [2.75, 3.05) is 6.61 Å². The summed E-state index contributed by atoms with van der Waals surface area (Å²) in [6, 6.07) is 20.0. The number of hydrogen-bond acceptors (Lipinski definition) is 3. The van der Waals surface area contributed by atoms with Gasteiger partial charge in [0.05, 0.1) is 0 Å². The summed E-state index contributed by atoms with van der Waals surface area (Å²) >= 11 is 9.32. The molecule has 1 unspecified atom stereocenters. The summed E-state index contributed by atoms with van der Waals surface area (Å²) in [5, 5.41) is 12.6. The predicted octanol–water partition coefficient (Wildman–Crippen LogP) is 5.64. The van der Waals surface area contributed by atoms with Crippen LogP contribution in [0.4, 0.5) is 4.79 Å². The number of halogens is 2. The molecule has 0 radical (unpaired) electrons. The third-order valence-corrected chi connectivity index (χ3v) is 6.35. The van der Waals surface area contributed by atoms with Gasteiger partial charge in [0.15, 0.2) is 0 Å². The molecule has 1 amide bonds. The minimum atomic E-state index is -1.14. The van der Waals surface area contributed by atoms with Crippen LogP contribution in [0.1, 0.15) is 22.6 Å². The van der Waals surface area contributed by atoms with Crippen LogP contribution in [-0.2, 0) is 16.0 Å². The van der Waals surface area contributed by atoms with Crippen molar-refractivity contribution in [2.24, 2.45) is 0 Å². The summed E-state index contributed by atoms with van der Waals surface area (Å²) in [5.74, 6) is -1.23. The summed E-state index contributed by atoms with van der Waals surface area (Å²) in [7, 11) is 0. The molecule has 0 bridgehead atoms. The van der Waals surface area contributed by atoms with Gasteiger partial charge in [-0.15, -0.1) is 0 Å². The van der Waals surface area contributed by atoms with E-state index in [9.17, 15) is 14.7 Å². The van der Waals surface area contributed by atoms with E-state index in [-0.39, 0.29) is 18.9 Å². The van der Waals surface area contributed by atoms with Gasteiger partial charge in [-0.3, -0.25) is 0 Å². The molecule has 158 valence electrons. The van der Waals surface area contributed by atoms with Crippen molar-refractivity contribution in [3.8, 4) is 11.1 Å². The van der Waals surface area contributed by atoms with Crippen LogP contribution in [0.15, 0.2) is 71.2 Å². The monoisotopic (exact) mass is 499 g/mol. The van der Waals surface area contributed by atoms with Gasteiger partial charge >= 0.3 is 12.1 Å². The first-order valence-corrected chi connectivity index (χ1v) is 10.9. The van der Waals surface area contributed by atoms with Crippen molar-refractivity contribution in [2.45, 2.75) is 18.4 Å². The average Bonchev–Trinajstić information content (AvgIpc) is 3.07. The Hall–Kier alpha value is -2.83. The molecule has 0 aromatic heterocycles. The fourth-order valence-corrected chi connectivity index (χ4v) is 4.73. The van der Waals surface area contributed by atoms with Crippen LogP contribution < -0.4 is 5.32 Å². The number of hydrogen-bond donors (Lipinski definition) is 2. The van der Waals surface area contributed by atoms with Crippen LogP contribution >= 0.6 is 27.5 Å². The number of alkyl carbamates (subject to hydrolysis) is 1.